The van der Waals surface area contributed by atoms with Crippen LogP contribution in [0.3, 0.4) is 0 Å². The molecular weight excluding hydrogens is 937 g/mol. The molecule has 0 heterocycles. The van der Waals surface area contributed by atoms with Gasteiger partial charge in [-0.1, -0.05) is 333 Å². The SMILES string of the molecule is CC/C=C\C/C=C\C/C=C\C/C=C\CCCCCCCCCCCCCCCCCCCCC(=O)OCC(COC(=O)CCCCCCC)OC(=O)CCCCCCCCCCCCCCCCCCCCCCCC. The molecule has 0 aromatic heterocycles. The second-order valence-electron chi connectivity index (χ2n) is 22.7. The van der Waals surface area contributed by atoms with E-state index in [0.717, 1.165) is 89.9 Å². The van der Waals surface area contributed by atoms with Crippen molar-refractivity contribution in [1.29, 1.82) is 0 Å². The highest BCUT2D eigenvalue weighted by Crippen LogP contribution is 2.18. The smallest absolute Gasteiger partial charge is 0.306 e. The molecule has 6 nitrogen and oxygen atoms in total. The van der Waals surface area contributed by atoms with E-state index >= 15 is 0 Å². The quantitative estimate of drug-likeness (QED) is 0.0261. The fourth-order valence-electron chi connectivity index (χ4n) is 10.1. The summed E-state index contributed by atoms with van der Waals surface area (Å²) in [5.41, 5.74) is 0. The second-order valence-corrected chi connectivity index (χ2v) is 22.7. The van der Waals surface area contributed by atoms with Crippen LogP contribution < -0.4 is 0 Å². The topological polar surface area (TPSA) is 78.9 Å². The Bertz CT molecular complexity index is 1310. The van der Waals surface area contributed by atoms with Crippen LogP contribution in [0.25, 0.3) is 0 Å². The Labute approximate surface area is 473 Å². The number of hydrogen-bond donors (Lipinski definition) is 0. The molecule has 0 saturated carbocycles. The molecule has 0 N–H and O–H groups in total. The third-order valence-electron chi connectivity index (χ3n) is 15.1. The van der Waals surface area contributed by atoms with Crippen LogP contribution >= 0.6 is 0 Å². The third-order valence-corrected chi connectivity index (χ3v) is 15.1. The molecule has 0 fully saturated rings. The number of unbranched alkanes of at least 4 members (excludes halogenated alkanes) is 43. The summed E-state index contributed by atoms with van der Waals surface area (Å²) >= 11 is 0. The number of ether oxygens (including phenoxy) is 3. The lowest BCUT2D eigenvalue weighted by Gasteiger charge is -2.18. The van der Waals surface area contributed by atoms with Crippen LogP contribution in [0.1, 0.15) is 361 Å². The van der Waals surface area contributed by atoms with Crippen LogP contribution in [0.15, 0.2) is 48.6 Å². The Hall–Kier alpha value is -2.63. The van der Waals surface area contributed by atoms with Gasteiger partial charge in [0, 0.05) is 19.3 Å². The van der Waals surface area contributed by atoms with E-state index in [4.69, 9.17) is 14.2 Å². The first-order valence-corrected chi connectivity index (χ1v) is 33.6. The lowest BCUT2D eigenvalue weighted by atomic mass is 10.0. The largest absolute Gasteiger partial charge is 0.462 e. The van der Waals surface area contributed by atoms with E-state index in [0.29, 0.717) is 19.3 Å². The van der Waals surface area contributed by atoms with Gasteiger partial charge in [-0.05, 0) is 57.8 Å². The predicted octanol–water partition coefficient (Wildman–Crippen LogP) is 22.9. The first-order valence-electron chi connectivity index (χ1n) is 33.6. The fourth-order valence-corrected chi connectivity index (χ4v) is 10.1. The first-order chi connectivity index (χ1) is 37.5. The molecule has 0 aliphatic heterocycles. The summed E-state index contributed by atoms with van der Waals surface area (Å²) in [4.78, 5) is 38.0. The van der Waals surface area contributed by atoms with Crippen LogP contribution in [-0.4, -0.2) is 37.2 Å². The molecule has 0 aliphatic rings. The molecule has 444 valence electrons. The molecule has 0 spiro atoms. The van der Waals surface area contributed by atoms with E-state index in [1.54, 1.807) is 0 Å². The van der Waals surface area contributed by atoms with E-state index in [2.05, 4.69) is 69.4 Å². The average molecular weight is 1070 g/mol. The molecule has 0 radical (unpaired) electrons. The highest BCUT2D eigenvalue weighted by molar-refractivity contribution is 5.71. The minimum atomic E-state index is -0.765. The summed E-state index contributed by atoms with van der Waals surface area (Å²) in [6.45, 7) is 6.51. The van der Waals surface area contributed by atoms with E-state index in [-0.39, 0.29) is 31.1 Å². The third kappa shape index (κ3) is 62.2. The molecule has 0 rings (SSSR count). The maximum Gasteiger partial charge on any atom is 0.306 e. The van der Waals surface area contributed by atoms with Gasteiger partial charge in [0.1, 0.15) is 13.2 Å². The van der Waals surface area contributed by atoms with Crippen LogP contribution in [0, 0.1) is 0 Å². The Kier molecular flexibility index (Phi) is 62.6. The summed E-state index contributed by atoms with van der Waals surface area (Å²) in [5.74, 6) is -0.857. The number of carbonyl (C=O) groups excluding carboxylic acids is 3. The maximum atomic E-state index is 12.8. The summed E-state index contributed by atoms with van der Waals surface area (Å²) < 4.78 is 16.8. The molecular formula is C70H128O6. The summed E-state index contributed by atoms with van der Waals surface area (Å²) in [7, 11) is 0. The molecule has 0 aliphatic carbocycles. The van der Waals surface area contributed by atoms with E-state index in [1.807, 2.05) is 0 Å². The Morgan fingerprint density at radius 3 is 0.803 bits per heavy atom. The lowest BCUT2D eigenvalue weighted by molar-refractivity contribution is -0.167. The van der Waals surface area contributed by atoms with Gasteiger partial charge in [0.15, 0.2) is 6.10 Å². The van der Waals surface area contributed by atoms with Gasteiger partial charge in [0.05, 0.1) is 0 Å². The monoisotopic (exact) mass is 1060 g/mol. The average Bonchev–Trinajstić information content (AvgIpc) is 3.42. The molecule has 6 heteroatoms. The van der Waals surface area contributed by atoms with Gasteiger partial charge in [-0.25, -0.2) is 0 Å². The van der Waals surface area contributed by atoms with E-state index in [9.17, 15) is 14.4 Å². The number of esters is 3. The fraction of sp³-hybridized carbons (Fsp3) is 0.843. The van der Waals surface area contributed by atoms with Crippen molar-refractivity contribution >= 4 is 17.9 Å². The minimum absolute atomic E-state index is 0.0671. The molecule has 0 saturated heterocycles. The number of hydrogen-bond acceptors (Lipinski definition) is 6. The van der Waals surface area contributed by atoms with Crippen LogP contribution in [0.2, 0.25) is 0 Å². The zero-order chi connectivity index (χ0) is 55.0. The molecule has 0 bridgehead atoms. The molecule has 1 unspecified atom stereocenters. The molecule has 0 aromatic carbocycles. The van der Waals surface area contributed by atoms with Gasteiger partial charge < -0.3 is 14.2 Å². The summed E-state index contributed by atoms with van der Waals surface area (Å²) in [6.07, 6.45) is 81.9. The van der Waals surface area contributed by atoms with Crippen molar-refractivity contribution in [1.82, 2.24) is 0 Å². The van der Waals surface area contributed by atoms with Crippen LogP contribution in [-0.2, 0) is 28.6 Å². The van der Waals surface area contributed by atoms with Gasteiger partial charge in [-0.3, -0.25) is 14.4 Å². The number of carbonyl (C=O) groups is 3. The zero-order valence-electron chi connectivity index (χ0n) is 51.0. The normalized spacial score (nSPS) is 12.3. The standard InChI is InChI=1S/C70H128O6/c1-4-7-10-13-15-17-19-21-23-25-27-29-31-32-33-34-35-36-37-38-39-41-42-44-46-48-50-52-54-57-60-63-69(72)75-66-67(65-74-68(71)62-59-56-12-9-6-3)76-70(73)64-61-58-55-53-51-49-47-45-43-40-30-28-26-24-22-20-18-16-14-11-8-5-2/h7,10,15,17,21,23,27,29,67H,4-6,8-9,11-14,16,18-20,22,24-26,28,30-66H2,1-3H3/b10-7-,17-15-,23-21-,29-27-. The Balaban J connectivity index is 3.93. The summed E-state index contributed by atoms with van der Waals surface area (Å²) in [5, 5.41) is 0. The molecule has 0 amide bonds. The van der Waals surface area contributed by atoms with E-state index in [1.165, 1.54) is 231 Å². The number of allylic oxidation sites excluding steroid dienone is 8. The van der Waals surface area contributed by atoms with Crippen molar-refractivity contribution in [2.75, 3.05) is 13.2 Å². The minimum Gasteiger partial charge on any atom is -0.462 e. The van der Waals surface area contributed by atoms with Crippen LogP contribution in [0.4, 0.5) is 0 Å². The maximum absolute atomic E-state index is 12.8. The van der Waals surface area contributed by atoms with Gasteiger partial charge >= 0.3 is 17.9 Å². The van der Waals surface area contributed by atoms with E-state index < -0.39 is 6.10 Å². The predicted molar refractivity (Wildman–Crippen MR) is 330 cm³/mol. The van der Waals surface area contributed by atoms with Gasteiger partial charge in [-0.15, -0.1) is 0 Å². The highest BCUT2D eigenvalue weighted by atomic mass is 16.6. The van der Waals surface area contributed by atoms with Crippen molar-refractivity contribution < 1.29 is 28.6 Å². The van der Waals surface area contributed by atoms with Crippen LogP contribution in [0.5, 0.6) is 0 Å². The molecule has 76 heavy (non-hydrogen) atoms. The second kappa shape index (κ2) is 64.9. The Morgan fingerprint density at radius 1 is 0.276 bits per heavy atom. The van der Waals surface area contributed by atoms with Crippen molar-refractivity contribution in [3.63, 3.8) is 0 Å². The highest BCUT2D eigenvalue weighted by Gasteiger charge is 2.19. The van der Waals surface area contributed by atoms with Crippen molar-refractivity contribution in [2.24, 2.45) is 0 Å². The Morgan fingerprint density at radius 2 is 0.513 bits per heavy atom. The van der Waals surface area contributed by atoms with Gasteiger partial charge in [0.25, 0.3) is 0 Å². The zero-order valence-corrected chi connectivity index (χ0v) is 51.0. The lowest BCUT2D eigenvalue weighted by Crippen LogP contribution is -2.30. The summed E-state index contributed by atoms with van der Waals surface area (Å²) in [6, 6.07) is 0. The number of rotatable bonds is 62. The van der Waals surface area contributed by atoms with Crippen molar-refractivity contribution in [3.8, 4) is 0 Å². The molecule has 0 aromatic rings. The first kappa shape index (κ1) is 73.4. The van der Waals surface area contributed by atoms with Gasteiger partial charge in [-0.2, -0.15) is 0 Å². The van der Waals surface area contributed by atoms with Crippen molar-refractivity contribution in [2.45, 2.75) is 367 Å². The molecule has 1 atom stereocenters. The van der Waals surface area contributed by atoms with Crippen molar-refractivity contribution in [3.05, 3.63) is 48.6 Å². The van der Waals surface area contributed by atoms with Gasteiger partial charge in [0.2, 0.25) is 0 Å².